The zero-order chi connectivity index (χ0) is 49.5. The molecule has 0 atom stereocenters. The van der Waals surface area contributed by atoms with Gasteiger partial charge in [0, 0.05) is 22.3 Å². The topological polar surface area (TPSA) is 0 Å². The summed E-state index contributed by atoms with van der Waals surface area (Å²) < 4.78 is 0. The normalized spacial score (nSPS) is 12.1. The van der Waals surface area contributed by atoms with E-state index >= 15 is 0 Å². The van der Waals surface area contributed by atoms with Gasteiger partial charge >= 0.3 is 0 Å². The Morgan fingerprint density at radius 3 is 0.676 bits per heavy atom. The summed E-state index contributed by atoms with van der Waals surface area (Å²) >= 11 is 0. The zero-order valence-corrected chi connectivity index (χ0v) is 50.3. The summed E-state index contributed by atoms with van der Waals surface area (Å²) in [7, 11) is -6.98. The maximum absolute atomic E-state index is 3.97. The third-order valence-electron chi connectivity index (χ3n) is 14.7. The second-order valence-corrected chi connectivity index (χ2v) is 41.7. The molecule has 0 aliphatic rings. The van der Waals surface area contributed by atoms with Crippen LogP contribution in [0.15, 0.2) is 36.4 Å². The Balaban J connectivity index is 1.91. The number of hydrogen-bond acceptors (Lipinski definition) is 0. The maximum atomic E-state index is 3.97. The highest BCUT2D eigenvalue weighted by atomic mass is 28.3. The molecule has 68 heavy (non-hydrogen) atoms. The fraction of sp³-hybridized carbons (Fsp3) is 0.625. The van der Waals surface area contributed by atoms with Gasteiger partial charge in [-0.1, -0.05) is 282 Å². The van der Waals surface area contributed by atoms with Crippen molar-refractivity contribution in [3.8, 4) is 45.9 Å². The summed E-state index contributed by atoms with van der Waals surface area (Å²) in [5.41, 5.74) is 20.5. The fourth-order valence-corrected chi connectivity index (χ4v) is 16.9. The molecule has 0 heterocycles. The van der Waals surface area contributed by atoms with Crippen molar-refractivity contribution in [1.82, 2.24) is 0 Å². The standard InChI is InChI=1S/C64H98Si4/c1-13-17-21-25-29-33-45-65(5,6)49-41-55-53-56(42-50-66(7,8)46-34-30-26-22-18-14-2)60-39-40-62-58(44-52-68(11,12)48-36-32-28-24-20-16-4)54-57(61-38-37-59(55)63(60)64(61)62)43-51-67(9,10)47-35-31-27-23-19-15-3/h37-40,53-54H,13-36,45-48H2,1-12H3. The third kappa shape index (κ3) is 19.7. The van der Waals surface area contributed by atoms with Crippen molar-refractivity contribution in [3.05, 3.63) is 58.7 Å². The highest BCUT2D eigenvalue weighted by Gasteiger charge is 2.23. The van der Waals surface area contributed by atoms with Crippen LogP contribution < -0.4 is 0 Å². The molecule has 0 bridgehead atoms. The molecule has 4 rings (SSSR count). The van der Waals surface area contributed by atoms with E-state index in [-0.39, 0.29) is 0 Å². The van der Waals surface area contributed by atoms with Gasteiger partial charge in [-0.2, -0.15) is 0 Å². The first-order valence-electron chi connectivity index (χ1n) is 28.5. The summed E-state index contributed by atoms with van der Waals surface area (Å²) in [6.07, 6.45) is 32.1. The van der Waals surface area contributed by atoms with Gasteiger partial charge in [-0.15, -0.1) is 22.2 Å². The Labute approximate surface area is 424 Å². The van der Waals surface area contributed by atoms with E-state index in [2.05, 4.69) is 162 Å². The highest BCUT2D eigenvalue weighted by molar-refractivity contribution is 6.86. The molecule has 4 heteroatoms. The van der Waals surface area contributed by atoms with Crippen molar-refractivity contribution < 1.29 is 0 Å². The smallest absolute Gasteiger partial charge is 0.126 e. The first kappa shape index (κ1) is 57.6. The van der Waals surface area contributed by atoms with E-state index in [1.807, 2.05) is 0 Å². The van der Waals surface area contributed by atoms with E-state index in [0.717, 1.165) is 22.3 Å². The van der Waals surface area contributed by atoms with Crippen LogP contribution in [0.5, 0.6) is 0 Å². The zero-order valence-electron chi connectivity index (χ0n) is 46.3. The minimum atomic E-state index is -1.74. The Hall–Kier alpha value is -2.97. The van der Waals surface area contributed by atoms with Gasteiger partial charge in [0.1, 0.15) is 32.3 Å². The summed E-state index contributed by atoms with van der Waals surface area (Å²) in [6, 6.07) is 19.4. The number of rotatable bonds is 28. The van der Waals surface area contributed by atoms with Crippen LogP contribution in [0.25, 0.3) is 32.3 Å². The van der Waals surface area contributed by atoms with Crippen molar-refractivity contribution in [2.45, 2.75) is 258 Å². The van der Waals surface area contributed by atoms with E-state index in [0.29, 0.717) is 0 Å². The Kier molecular flexibility index (Phi) is 24.9. The molecule has 4 aromatic carbocycles. The summed E-state index contributed by atoms with van der Waals surface area (Å²) in [5.74, 6) is 15.6. The fourth-order valence-electron chi connectivity index (χ4n) is 9.99. The molecule has 0 saturated heterocycles. The van der Waals surface area contributed by atoms with Crippen molar-refractivity contribution in [2.24, 2.45) is 0 Å². The third-order valence-corrected chi connectivity index (χ3v) is 24.3. The summed E-state index contributed by atoms with van der Waals surface area (Å²) in [6.45, 7) is 29.1. The number of hydrogen-bond donors (Lipinski definition) is 0. The van der Waals surface area contributed by atoms with Gasteiger partial charge < -0.3 is 0 Å². The van der Waals surface area contributed by atoms with Gasteiger partial charge in [0.2, 0.25) is 0 Å². The highest BCUT2D eigenvalue weighted by Crippen LogP contribution is 2.40. The molecule has 0 nitrogen and oxygen atoms in total. The second kappa shape index (κ2) is 29.4. The number of unbranched alkanes of at least 4 members (excludes halogenated alkanes) is 20. The van der Waals surface area contributed by atoms with E-state index in [1.165, 1.54) is 211 Å². The molecule has 370 valence electrons. The molecule has 0 radical (unpaired) electrons. The molecule has 0 N–H and O–H groups in total. The number of benzene rings is 4. The first-order valence-corrected chi connectivity index (χ1v) is 41.3. The predicted molar refractivity (Wildman–Crippen MR) is 320 cm³/mol. The van der Waals surface area contributed by atoms with Crippen LogP contribution in [-0.4, -0.2) is 32.3 Å². The van der Waals surface area contributed by atoms with E-state index in [4.69, 9.17) is 0 Å². The van der Waals surface area contributed by atoms with Crippen LogP contribution >= 0.6 is 0 Å². The largest absolute Gasteiger partial charge is 0.132 e. The maximum Gasteiger partial charge on any atom is 0.132 e. The van der Waals surface area contributed by atoms with Crippen LogP contribution in [0.1, 0.15) is 204 Å². The molecule has 0 spiro atoms. The van der Waals surface area contributed by atoms with Crippen LogP contribution in [0.2, 0.25) is 76.6 Å². The van der Waals surface area contributed by atoms with Crippen molar-refractivity contribution in [1.29, 1.82) is 0 Å². The lowest BCUT2D eigenvalue weighted by Crippen LogP contribution is -2.23. The van der Waals surface area contributed by atoms with Crippen LogP contribution in [0.3, 0.4) is 0 Å². The minimum Gasteiger partial charge on any atom is -0.126 e. The first-order chi connectivity index (χ1) is 32.6. The molecule has 0 unspecified atom stereocenters. The lowest BCUT2D eigenvalue weighted by Gasteiger charge is -2.18. The van der Waals surface area contributed by atoms with Gasteiger partial charge in [-0.05, 0) is 68.6 Å². The Bertz CT molecular complexity index is 2070. The van der Waals surface area contributed by atoms with Gasteiger partial charge in [0.25, 0.3) is 0 Å². The molecule has 0 aliphatic heterocycles. The molecule has 0 amide bonds. The van der Waals surface area contributed by atoms with Gasteiger partial charge in [0.15, 0.2) is 0 Å². The van der Waals surface area contributed by atoms with E-state index in [1.54, 1.807) is 0 Å². The molecule has 0 saturated carbocycles. The van der Waals surface area contributed by atoms with Crippen molar-refractivity contribution >= 4 is 64.6 Å². The van der Waals surface area contributed by atoms with Crippen LogP contribution in [-0.2, 0) is 0 Å². The SMILES string of the molecule is CCCCCCCC[Si](C)(C)C#Cc1cc(C#C[Si](C)(C)CCCCCCCC)c2ccc3c(C#C[Si](C)(C)CCCCCCCC)cc(C#C[Si](C)(C)CCCCCCCC)c4ccc1c2c43. The van der Waals surface area contributed by atoms with Crippen molar-refractivity contribution in [3.63, 3.8) is 0 Å². The van der Waals surface area contributed by atoms with E-state index in [9.17, 15) is 0 Å². The lowest BCUT2D eigenvalue weighted by atomic mass is 9.86. The summed E-state index contributed by atoms with van der Waals surface area (Å²) in [4.78, 5) is 0. The molecular weight excluding hydrogens is 881 g/mol. The molecule has 0 aliphatic carbocycles. The van der Waals surface area contributed by atoms with Crippen LogP contribution in [0.4, 0.5) is 0 Å². The van der Waals surface area contributed by atoms with E-state index < -0.39 is 32.3 Å². The van der Waals surface area contributed by atoms with Gasteiger partial charge in [-0.3, -0.25) is 0 Å². The Morgan fingerprint density at radius 1 is 0.279 bits per heavy atom. The average molecular weight is 980 g/mol. The lowest BCUT2D eigenvalue weighted by molar-refractivity contribution is 0.623. The Morgan fingerprint density at radius 2 is 0.471 bits per heavy atom. The molecule has 0 fully saturated rings. The summed E-state index contributed by atoms with van der Waals surface area (Å²) in [5, 5.41) is 7.71. The molecule has 4 aromatic rings. The monoisotopic (exact) mass is 979 g/mol. The van der Waals surface area contributed by atoms with Gasteiger partial charge in [-0.25, -0.2) is 0 Å². The van der Waals surface area contributed by atoms with Gasteiger partial charge in [0.05, 0.1) is 0 Å². The second-order valence-electron chi connectivity index (χ2n) is 23.6. The molecule has 0 aromatic heterocycles. The predicted octanol–water partition coefficient (Wildman–Crippen LogP) is 20.4. The molecular formula is C64H98Si4. The van der Waals surface area contributed by atoms with Crippen LogP contribution in [0, 0.1) is 45.9 Å². The quantitative estimate of drug-likeness (QED) is 0.0230. The van der Waals surface area contributed by atoms with Crippen molar-refractivity contribution in [2.75, 3.05) is 0 Å². The minimum absolute atomic E-state index is 1.15. The average Bonchev–Trinajstić information content (AvgIpc) is 3.30.